The van der Waals surface area contributed by atoms with Crippen LogP contribution in [0.3, 0.4) is 0 Å². The van der Waals surface area contributed by atoms with Crippen molar-refractivity contribution < 1.29 is 9.53 Å². The first kappa shape index (κ1) is 31.0. The first-order chi connectivity index (χ1) is 22.0. The number of amides is 1. The van der Waals surface area contributed by atoms with E-state index < -0.39 is 0 Å². The molecule has 0 radical (unpaired) electrons. The fourth-order valence-electron chi connectivity index (χ4n) is 6.78. The van der Waals surface area contributed by atoms with Crippen LogP contribution in [0.2, 0.25) is 0 Å². The van der Waals surface area contributed by atoms with E-state index in [2.05, 4.69) is 63.4 Å². The molecular formula is C36H47N7O2. The van der Waals surface area contributed by atoms with E-state index in [1.807, 2.05) is 43.3 Å². The number of hydrogen-bond acceptors (Lipinski definition) is 7. The highest BCUT2D eigenvalue weighted by Gasteiger charge is 2.24. The highest BCUT2D eigenvalue weighted by Crippen LogP contribution is 2.29. The second kappa shape index (κ2) is 14.4. The number of anilines is 2. The van der Waals surface area contributed by atoms with E-state index in [4.69, 9.17) is 14.7 Å². The topological polar surface area (TPSA) is 87.6 Å². The van der Waals surface area contributed by atoms with Gasteiger partial charge >= 0.3 is 0 Å². The third-order valence-corrected chi connectivity index (χ3v) is 9.38. The second-order valence-corrected chi connectivity index (χ2v) is 12.7. The van der Waals surface area contributed by atoms with Gasteiger partial charge in [0.1, 0.15) is 5.82 Å². The zero-order valence-corrected chi connectivity index (χ0v) is 27.0. The van der Waals surface area contributed by atoms with E-state index in [1.54, 1.807) is 0 Å². The van der Waals surface area contributed by atoms with Gasteiger partial charge in [0.05, 0.1) is 24.3 Å². The summed E-state index contributed by atoms with van der Waals surface area (Å²) in [5, 5.41) is 7.95. The number of benzene rings is 2. The van der Waals surface area contributed by atoms with Gasteiger partial charge in [0, 0.05) is 69.6 Å². The van der Waals surface area contributed by atoms with Crippen molar-refractivity contribution in [3.63, 3.8) is 0 Å². The first-order valence-electron chi connectivity index (χ1n) is 16.5. The van der Waals surface area contributed by atoms with Crippen molar-refractivity contribution in [2.45, 2.75) is 51.6 Å². The molecular weight excluding hydrogens is 562 g/mol. The van der Waals surface area contributed by atoms with E-state index in [0.717, 1.165) is 111 Å². The number of morpholine rings is 1. The third-order valence-electron chi connectivity index (χ3n) is 9.38. The molecule has 9 heteroatoms. The summed E-state index contributed by atoms with van der Waals surface area (Å²) in [5.74, 6) is 2.11. The molecule has 2 N–H and O–H groups in total. The predicted molar refractivity (Wildman–Crippen MR) is 182 cm³/mol. The SMILES string of the molecule is Cc1c(C(=O)NC[C@H]2CC[C@@H](Nc3nc(N(C)C)c4ccccc4n3)CC2)cc(-c2ccccc2)n1CCCN1CCOCC1. The van der Waals surface area contributed by atoms with Gasteiger partial charge in [0.2, 0.25) is 5.95 Å². The Morgan fingerprint density at radius 2 is 1.69 bits per heavy atom. The Labute approximate surface area is 267 Å². The Morgan fingerprint density at radius 1 is 0.956 bits per heavy atom. The molecule has 2 aliphatic rings. The first-order valence-corrected chi connectivity index (χ1v) is 16.5. The van der Waals surface area contributed by atoms with Crippen molar-refractivity contribution >= 4 is 28.6 Å². The normalized spacial score (nSPS) is 19.0. The van der Waals surface area contributed by atoms with E-state index in [9.17, 15) is 4.79 Å². The van der Waals surface area contributed by atoms with Crippen molar-refractivity contribution in [1.29, 1.82) is 0 Å². The number of ether oxygens (including phenoxy) is 1. The molecule has 3 heterocycles. The molecule has 2 aromatic carbocycles. The Bertz CT molecular complexity index is 1570. The molecule has 0 spiro atoms. The number of hydrogen-bond donors (Lipinski definition) is 2. The van der Waals surface area contributed by atoms with Crippen LogP contribution < -0.4 is 15.5 Å². The minimum Gasteiger partial charge on any atom is -0.379 e. The number of para-hydroxylation sites is 1. The molecule has 1 aliphatic carbocycles. The number of carbonyl (C=O) groups is 1. The zero-order chi connectivity index (χ0) is 31.2. The number of fused-ring (bicyclic) bond motifs is 1. The summed E-state index contributed by atoms with van der Waals surface area (Å²) in [6.07, 6.45) is 5.22. The number of nitrogens with one attached hydrogen (secondary N) is 2. The molecule has 0 atom stereocenters. The average Bonchev–Trinajstić information content (AvgIpc) is 3.40. The Morgan fingerprint density at radius 3 is 2.44 bits per heavy atom. The van der Waals surface area contributed by atoms with Gasteiger partial charge in [-0.1, -0.05) is 42.5 Å². The van der Waals surface area contributed by atoms with Gasteiger partial charge in [-0.25, -0.2) is 4.98 Å². The lowest BCUT2D eigenvalue weighted by atomic mass is 9.86. The van der Waals surface area contributed by atoms with Crippen LogP contribution in [0.15, 0.2) is 60.7 Å². The molecule has 9 nitrogen and oxygen atoms in total. The van der Waals surface area contributed by atoms with Gasteiger partial charge in [-0.2, -0.15) is 4.98 Å². The summed E-state index contributed by atoms with van der Waals surface area (Å²) in [6.45, 7) is 8.34. The highest BCUT2D eigenvalue weighted by molar-refractivity contribution is 5.97. The molecule has 1 amide bonds. The monoisotopic (exact) mass is 609 g/mol. The van der Waals surface area contributed by atoms with Crippen LogP contribution in [-0.4, -0.2) is 84.9 Å². The average molecular weight is 610 g/mol. The van der Waals surface area contributed by atoms with Crippen molar-refractivity contribution in [3.05, 3.63) is 71.9 Å². The lowest BCUT2D eigenvalue weighted by molar-refractivity contribution is 0.0369. The standard InChI is InChI=1S/C36H47N7O2/c1-26-31(24-33(28-10-5-4-6-11-28)43(26)19-9-18-42-20-22-45-23-21-42)35(44)37-25-27-14-16-29(17-15-27)38-36-39-32-13-8-7-12-30(32)34(40-36)41(2)3/h4-8,10-13,24,27,29H,9,14-23,25H2,1-3H3,(H,37,44)(H,38,39,40)/t27-,29+. The van der Waals surface area contributed by atoms with Crippen LogP contribution in [0.25, 0.3) is 22.2 Å². The van der Waals surface area contributed by atoms with Crippen LogP contribution in [0.5, 0.6) is 0 Å². The molecule has 0 bridgehead atoms. The highest BCUT2D eigenvalue weighted by atomic mass is 16.5. The Balaban J connectivity index is 1.05. The van der Waals surface area contributed by atoms with E-state index in [-0.39, 0.29) is 5.91 Å². The Hall–Kier alpha value is -3.95. The van der Waals surface area contributed by atoms with Gasteiger partial charge in [-0.3, -0.25) is 9.69 Å². The van der Waals surface area contributed by atoms with E-state index in [0.29, 0.717) is 24.5 Å². The minimum atomic E-state index is 0.0256. The van der Waals surface area contributed by atoms with Crippen molar-refractivity contribution in [2.24, 2.45) is 5.92 Å². The lowest BCUT2D eigenvalue weighted by Gasteiger charge is -2.29. The van der Waals surface area contributed by atoms with Gasteiger partial charge in [0.15, 0.2) is 0 Å². The third kappa shape index (κ3) is 7.48. The molecule has 1 saturated carbocycles. The maximum Gasteiger partial charge on any atom is 0.253 e. The fraction of sp³-hybridized carbons (Fsp3) is 0.472. The molecule has 6 rings (SSSR count). The van der Waals surface area contributed by atoms with Gasteiger partial charge in [-0.05, 0) is 68.7 Å². The summed E-state index contributed by atoms with van der Waals surface area (Å²) in [5.41, 5.74) is 5.02. The zero-order valence-electron chi connectivity index (χ0n) is 27.0. The van der Waals surface area contributed by atoms with Crippen LogP contribution in [0.1, 0.15) is 48.2 Å². The summed E-state index contributed by atoms with van der Waals surface area (Å²) in [7, 11) is 4.04. The fourth-order valence-corrected chi connectivity index (χ4v) is 6.78. The molecule has 1 saturated heterocycles. The summed E-state index contributed by atoms with van der Waals surface area (Å²) in [6, 6.07) is 21.0. The van der Waals surface area contributed by atoms with Crippen LogP contribution in [0.4, 0.5) is 11.8 Å². The van der Waals surface area contributed by atoms with Crippen molar-refractivity contribution in [2.75, 3.05) is 63.7 Å². The van der Waals surface area contributed by atoms with Crippen LogP contribution >= 0.6 is 0 Å². The second-order valence-electron chi connectivity index (χ2n) is 12.7. The Kier molecular flexibility index (Phi) is 9.96. The maximum absolute atomic E-state index is 13.5. The molecule has 4 aromatic rings. The van der Waals surface area contributed by atoms with Crippen LogP contribution in [-0.2, 0) is 11.3 Å². The van der Waals surface area contributed by atoms with Crippen molar-refractivity contribution in [1.82, 2.24) is 24.8 Å². The molecule has 1 aliphatic heterocycles. The van der Waals surface area contributed by atoms with E-state index >= 15 is 0 Å². The number of aromatic nitrogens is 3. The quantitative estimate of drug-likeness (QED) is 0.229. The molecule has 2 aromatic heterocycles. The lowest BCUT2D eigenvalue weighted by Crippen LogP contribution is -2.37. The number of nitrogens with zero attached hydrogens (tertiary/aromatic N) is 5. The van der Waals surface area contributed by atoms with Gasteiger partial charge < -0.3 is 24.8 Å². The largest absolute Gasteiger partial charge is 0.379 e. The molecule has 2 fully saturated rings. The minimum absolute atomic E-state index is 0.0256. The summed E-state index contributed by atoms with van der Waals surface area (Å²) in [4.78, 5) is 27.7. The maximum atomic E-state index is 13.5. The van der Waals surface area contributed by atoms with Crippen LogP contribution in [0, 0.1) is 12.8 Å². The molecule has 0 unspecified atom stereocenters. The smallest absolute Gasteiger partial charge is 0.253 e. The molecule has 45 heavy (non-hydrogen) atoms. The van der Waals surface area contributed by atoms with Gasteiger partial charge in [0.25, 0.3) is 5.91 Å². The predicted octanol–water partition coefficient (Wildman–Crippen LogP) is 5.60. The number of carbonyl (C=O) groups excluding carboxylic acids is 1. The van der Waals surface area contributed by atoms with Crippen molar-refractivity contribution in [3.8, 4) is 11.3 Å². The van der Waals surface area contributed by atoms with Gasteiger partial charge in [-0.15, -0.1) is 0 Å². The molecule has 238 valence electrons. The van der Waals surface area contributed by atoms with E-state index in [1.165, 1.54) is 0 Å². The number of rotatable bonds is 11. The summed E-state index contributed by atoms with van der Waals surface area (Å²) < 4.78 is 7.84. The summed E-state index contributed by atoms with van der Waals surface area (Å²) >= 11 is 0.